The molecule has 0 aromatic carbocycles. The van der Waals surface area contributed by atoms with Crippen molar-refractivity contribution in [3.05, 3.63) is 0 Å². The van der Waals surface area contributed by atoms with Crippen molar-refractivity contribution < 1.29 is 0 Å². The molecular weight excluding hydrogens is 208 g/mol. The van der Waals surface area contributed by atoms with Crippen molar-refractivity contribution in [1.82, 2.24) is 10.2 Å². The molecule has 17 heavy (non-hydrogen) atoms. The topological polar surface area (TPSA) is 15.3 Å². The van der Waals surface area contributed by atoms with Crippen molar-refractivity contribution in [3.63, 3.8) is 0 Å². The van der Waals surface area contributed by atoms with Gasteiger partial charge in [-0.2, -0.15) is 0 Å². The van der Waals surface area contributed by atoms with Gasteiger partial charge in [0.05, 0.1) is 0 Å². The van der Waals surface area contributed by atoms with Gasteiger partial charge < -0.3 is 10.2 Å². The van der Waals surface area contributed by atoms with Crippen molar-refractivity contribution in [2.24, 2.45) is 5.92 Å². The Hall–Kier alpha value is -0.0800. The molecule has 104 valence electrons. The van der Waals surface area contributed by atoms with Crippen LogP contribution in [0.2, 0.25) is 0 Å². The van der Waals surface area contributed by atoms with E-state index in [1.807, 2.05) is 0 Å². The summed E-state index contributed by atoms with van der Waals surface area (Å²) in [5.41, 5.74) is 0. The fourth-order valence-corrected chi connectivity index (χ4v) is 2.21. The minimum absolute atomic E-state index is 0.672. The lowest BCUT2D eigenvalue weighted by atomic mass is 10.0. The number of hydrogen-bond acceptors (Lipinski definition) is 2. The van der Waals surface area contributed by atoms with E-state index in [0.717, 1.165) is 5.92 Å². The number of rotatable bonds is 11. The van der Waals surface area contributed by atoms with Crippen LogP contribution in [0.3, 0.4) is 0 Å². The zero-order chi connectivity index (χ0) is 13.1. The molecular formula is C15H34N2. The van der Waals surface area contributed by atoms with Crippen LogP contribution in [0.25, 0.3) is 0 Å². The van der Waals surface area contributed by atoms with Crippen molar-refractivity contribution in [3.8, 4) is 0 Å². The van der Waals surface area contributed by atoms with E-state index in [1.54, 1.807) is 0 Å². The molecule has 2 nitrogen and oxygen atoms in total. The molecule has 0 bridgehead atoms. The zero-order valence-electron chi connectivity index (χ0n) is 12.8. The predicted octanol–water partition coefficient (Wildman–Crippen LogP) is 3.52. The summed E-state index contributed by atoms with van der Waals surface area (Å²) in [5.74, 6) is 0.861. The Labute approximate surface area is 109 Å². The maximum absolute atomic E-state index is 3.68. The lowest BCUT2D eigenvalue weighted by Gasteiger charge is -2.21. The summed E-state index contributed by atoms with van der Waals surface area (Å²) in [4.78, 5) is 2.51. The minimum atomic E-state index is 0.672. The molecule has 0 saturated carbocycles. The molecule has 0 saturated heterocycles. The molecule has 1 N–H and O–H groups in total. The second-order valence-corrected chi connectivity index (χ2v) is 5.16. The van der Waals surface area contributed by atoms with Crippen LogP contribution in [-0.4, -0.2) is 37.1 Å². The summed E-state index contributed by atoms with van der Waals surface area (Å²) in [5, 5.41) is 3.68. The summed E-state index contributed by atoms with van der Waals surface area (Å²) < 4.78 is 0. The van der Waals surface area contributed by atoms with Gasteiger partial charge in [-0.3, -0.25) is 0 Å². The normalized spacial score (nSPS) is 13.6. The third kappa shape index (κ3) is 8.62. The Morgan fingerprint density at radius 2 is 1.59 bits per heavy atom. The Morgan fingerprint density at radius 3 is 2.06 bits per heavy atom. The molecule has 1 unspecified atom stereocenters. The second kappa shape index (κ2) is 11.0. The fourth-order valence-electron chi connectivity index (χ4n) is 2.21. The summed E-state index contributed by atoms with van der Waals surface area (Å²) in [6.07, 6.45) is 5.22. The Kier molecular flexibility index (Phi) is 11.0. The molecule has 0 heterocycles. The van der Waals surface area contributed by atoms with Crippen LogP contribution in [0.15, 0.2) is 0 Å². The maximum Gasteiger partial charge on any atom is 0.00393 e. The molecule has 0 amide bonds. The molecule has 0 aromatic heterocycles. The summed E-state index contributed by atoms with van der Waals surface area (Å²) in [7, 11) is 0. The van der Waals surface area contributed by atoms with Gasteiger partial charge in [-0.25, -0.2) is 0 Å². The largest absolute Gasteiger partial charge is 0.314 e. The van der Waals surface area contributed by atoms with Crippen LogP contribution < -0.4 is 5.32 Å². The lowest BCUT2D eigenvalue weighted by Crippen LogP contribution is -2.32. The van der Waals surface area contributed by atoms with Gasteiger partial charge in [0, 0.05) is 6.04 Å². The predicted molar refractivity (Wildman–Crippen MR) is 78.6 cm³/mol. The monoisotopic (exact) mass is 242 g/mol. The highest BCUT2D eigenvalue weighted by Gasteiger charge is 2.07. The highest BCUT2D eigenvalue weighted by molar-refractivity contribution is 4.66. The number of nitrogens with zero attached hydrogens (tertiary/aromatic N) is 1. The van der Waals surface area contributed by atoms with Gasteiger partial charge in [0.15, 0.2) is 0 Å². The van der Waals surface area contributed by atoms with Crippen LogP contribution in [-0.2, 0) is 0 Å². The first-order chi connectivity index (χ1) is 8.17. The van der Waals surface area contributed by atoms with Crippen LogP contribution in [0.5, 0.6) is 0 Å². The first-order valence-corrected chi connectivity index (χ1v) is 7.63. The first-order valence-electron chi connectivity index (χ1n) is 7.63. The van der Waals surface area contributed by atoms with Gasteiger partial charge in [-0.1, -0.05) is 40.5 Å². The lowest BCUT2D eigenvalue weighted by molar-refractivity contribution is 0.288. The SMILES string of the molecule is CCC(CC)CNC(C)CCCN(CC)CC. The standard InChI is InChI=1S/C15H34N2/c1-6-15(7-2)13-16-14(5)11-10-12-17(8-3)9-4/h14-16H,6-13H2,1-5H3. The molecule has 1 atom stereocenters. The Bertz CT molecular complexity index is 151. The van der Waals surface area contributed by atoms with Gasteiger partial charge >= 0.3 is 0 Å². The average Bonchev–Trinajstić information content (AvgIpc) is 2.36. The average molecular weight is 242 g/mol. The van der Waals surface area contributed by atoms with E-state index in [4.69, 9.17) is 0 Å². The van der Waals surface area contributed by atoms with Crippen LogP contribution in [0, 0.1) is 5.92 Å². The number of hydrogen-bond donors (Lipinski definition) is 1. The molecule has 0 aromatic rings. The van der Waals surface area contributed by atoms with Gasteiger partial charge in [-0.05, 0) is 51.9 Å². The van der Waals surface area contributed by atoms with Crippen molar-refractivity contribution in [2.75, 3.05) is 26.2 Å². The van der Waals surface area contributed by atoms with Crippen molar-refractivity contribution in [1.29, 1.82) is 0 Å². The van der Waals surface area contributed by atoms with E-state index in [0.29, 0.717) is 6.04 Å². The third-order valence-corrected chi connectivity index (χ3v) is 3.92. The van der Waals surface area contributed by atoms with Crippen LogP contribution in [0.4, 0.5) is 0 Å². The van der Waals surface area contributed by atoms with Crippen LogP contribution >= 0.6 is 0 Å². The smallest absolute Gasteiger partial charge is 0.00393 e. The van der Waals surface area contributed by atoms with Crippen LogP contribution in [0.1, 0.15) is 60.3 Å². The van der Waals surface area contributed by atoms with Gasteiger partial charge in [0.2, 0.25) is 0 Å². The van der Waals surface area contributed by atoms with Crippen molar-refractivity contribution in [2.45, 2.75) is 66.3 Å². The number of nitrogens with one attached hydrogen (secondary N) is 1. The van der Waals surface area contributed by atoms with Gasteiger partial charge in [0.25, 0.3) is 0 Å². The highest BCUT2D eigenvalue weighted by Crippen LogP contribution is 2.07. The fraction of sp³-hybridized carbons (Fsp3) is 1.00. The maximum atomic E-state index is 3.68. The molecule has 0 fully saturated rings. The van der Waals surface area contributed by atoms with E-state index >= 15 is 0 Å². The molecule has 0 radical (unpaired) electrons. The summed E-state index contributed by atoms with van der Waals surface area (Å²) in [6, 6.07) is 0.672. The molecule has 0 aliphatic carbocycles. The van der Waals surface area contributed by atoms with Crippen molar-refractivity contribution >= 4 is 0 Å². The molecule has 2 heteroatoms. The molecule has 0 spiro atoms. The molecule has 0 aliphatic heterocycles. The second-order valence-electron chi connectivity index (χ2n) is 5.16. The van der Waals surface area contributed by atoms with E-state index in [-0.39, 0.29) is 0 Å². The van der Waals surface area contributed by atoms with E-state index in [9.17, 15) is 0 Å². The van der Waals surface area contributed by atoms with Gasteiger partial charge in [-0.15, -0.1) is 0 Å². The Balaban J connectivity index is 3.55. The third-order valence-electron chi connectivity index (χ3n) is 3.92. The van der Waals surface area contributed by atoms with E-state index in [2.05, 4.69) is 44.8 Å². The van der Waals surface area contributed by atoms with Gasteiger partial charge in [0.1, 0.15) is 0 Å². The molecule has 0 rings (SSSR count). The van der Waals surface area contributed by atoms with E-state index in [1.165, 1.54) is 51.9 Å². The zero-order valence-corrected chi connectivity index (χ0v) is 12.8. The molecule has 0 aliphatic rings. The first kappa shape index (κ1) is 16.9. The summed E-state index contributed by atoms with van der Waals surface area (Å²) in [6.45, 7) is 16.2. The quantitative estimate of drug-likeness (QED) is 0.596. The summed E-state index contributed by atoms with van der Waals surface area (Å²) >= 11 is 0. The Morgan fingerprint density at radius 1 is 1.00 bits per heavy atom. The van der Waals surface area contributed by atoms with E-state index < -0.39 is 0 Å². The minimum Gasteiger partial charge on any atom is -0.314 e. The highest BCUT2D eigenvalue weighted by atomic mass is 15.1.